The third kappa shape index (κ3) is 3.66. The Balaban J connectivity index is 1.60. The molecule has 1 atom stereocenters. The van der Waals surface area contributed by atoms with E-state index in [0.29, 0.717) is 0 Å². The SMILES string of the molecule is O=C1C2=C(C(=O)c3ccccc31)C1Nc3c(Cl)c(S(=O)(=O)O)c4c(c3N=C1C(Cl)=C2S(=O)(=O)O)C(=O)c1ccccc1C4=O. The molecule has 3 aromatic rings. The molecule has 0 fully saturated rings. The number of carbonyl (C=O) groups excluding carboxylic acids is 4. The van der Waals surface area contributed by atoms with Crippen LogP contribution in [0.4, 0.5) is 11.4 Å². The number of halogens is 2. The van der Waals surface area contributed by atoms with Gasteiger partial charge >= 0.3 is 0 Å². The fraction of sp³-hybridized carbons (Fsp3) is 0.0357. The Kier molecular flexibility index (Phi) is 5.89. The lowest BCUT2D eigenvalue weighted by Crippen LogP contribution is -2.45. The number of hydrogen-bond donors (Lipinski definition) is 3. The molecule has 0 saturated heterocycles. The van der Waals surface area contributed by atoms with E-state index in [0.717, 1.165) is 0 Å². The van der Waals surface area contributed by atoms with Crippen LogP contribution in [-0.2, 0) is 20.2 Å². The highest BCUT2D eigenvalue weighted by Gasteiger charge is 2.50. The van der Waals surface area contributed by atoms with Crippen molar-refractivity contribution in [2.75, 3.05) is 5.32 Å². The van der Waals surface area contributed by atoms with E-state index in [1.807, 2.05) is 0 Å². The number of hydrogen-bond acceptors (Lipinski definition) is 10. The van der Waals surface area contributed by atoms with Gasteiger partial charge in [-0.2, -0.15) is 16.8 Å². The molecule has 44 heavy (non-hydrogen) atoms. The number of fused-ring (bicyclic) bond motifs is 7. The summed E-state index contributed by atoms with van der Waals surface area (Å²) in [6, 6.07) is 9.42. The van der Waals surface area contributed by atoms with Crippen molar-refractivity contribution in [3.63, 3.8) is 0 Å². The van der Waals surface area contributed by atoms with Crippen LogP contribution in [0.1, 0.15) is 52.6 Å². The van der Waals surface area contributed by atoms with Gasteiger partial charge in [0.25, 0.3) is 20.2 Å². The Morgan fingerprint density at radius 2 is 1.20 bits per heavy atom. The monoisotopic (exact) mass is 670 g/mol. The van der Waals surface area contributed by atoms with Gasteiger partial charge in [-0.3, -0.25) is 28.3 Å². The average Bonchev–Trinajstić information content (AvgIpc) is 2.96. The van der Waals surface area contributed by atoms with E-state index in [1.165, 1.54) is 48.5 Å². The Bertz CT molecular complexity index is 2360. The zero-order chi connectivity index (χ0) is 31.6. The van der Waals surface area contributed by atoms with Gasteiger partial charge in [0, 0.05) is 27.8 Å². The maximum absolute atomic E-state index is 13.8. The molecule has 0 bridgehead atoms. The summed E-state index contributed by atoms with van der Waals surface area (Å²) in [4.78, 5) is 56.9. The molecule has 1 unspecified atom stereocenters. The van der Waals surface area contributed by atoms with Crippen LogP contribution in [0.15, 0.2) is 79.5 Å². The molecule has 4 aliphatic rings. The highest BCUT2D eigenvalue weighted by atomic mass is 35.5. The Morgan fingerprint density at radius 3 is 1.73 bits per heavy atom. The third-order valence-electron chi connectivity index (χ3n) is 7.65. The zero-order valence-electron chi connectivity index (χ0n) is 21.4. The quantitative estimate of drug-likeness (QED) is 0.261. The number of aliphatic imine (C=N–C) groups is 1. The van der Waals surface area contributed by atoms with Crippen molar-refractivity contribution in [3.8, 4) is 0 Å². The number of rotatable bonds is 2. The number of nitrogens with zero attached hydrogens (tertiary/aromatic N) is 1. The molecule has 0 aromatic heterocycles. The van der Waals surface area contributed by atoms with Crippen molar-refractivity contribution in [1.82, 2.24) is 0 Å². The van der Waals surface area contributed by atoms with E-state index < -0.39 is 109 Å². The molecule has 7 rings (SSSR count). The second kappa shape index (κ2) is 9.11. The van der Waals surface area contributed by atoms with Gasteiger partial charge in [0.15, 0.2) is 23.1 Å². The summed E-state index contributed by atoms with van der Waals surface area (Å²) in [7, 11) is -10.6. The average molecular weight is 671 g/mol. The molecule has 3 aliphatic carbocycles. The number of ketones is 4. The van der Waals surface area contributed by atoms with E-state index >= 15 is 0 Å². The van der Waals surface area contributed by atoms with Gasteiger partial charge in [-0.1, -0.05) is 71.7 Å². The summed E-state index contributed by atoms with van der Waals surface area (Å²) in [6.07, 6.45) is 0. The fourth-order valence-corrected chi connectivity index (χ4v) is 8.54. The lowest BCUT2D eigenvalue weighted by Gasteiger charge is -2.37. The Morgan fingerprint density at radius 1 is 0.705 bits per heavy atom. The molecular weight excluding hydrogens is 659 g/mol. The van der Waals surface area contributed by atoms with E-state index in [9.17, 15) is 45.1 Å². The first-order valence-corrected chi connectivity index (χ1v) is 16.0. The standard InChI is InChI=1S/C28H12Cl2N2O10S2/c29-17-21-19(13-15(27(17)43(37,38)39)25(35)11-7-3-1-5-9(11)23(13)33)31-22-18(30)28(44(40,41)42)16-14(20(22)32-21)24(34)10-6-2-4-8-12(10)26(16)36/h1-8,19,31H,(H,37,38,39)(H,40,41,42). The predicted molar refractivity (Wildman–Crippen MR) is 156 cm³/mol. The molecule has 0 radical (unpaired) electrons. The smallest absolute Gasteiger partial charge is 0.296 e. The number of carbonyl (C=O) groups is 4. The first kappa shape index (κ1) is 28.5. The first-order chi connectivity index (χ1) is 20.6. The second-order valence-electron chi connectivity index (χ2n) is 9.98. The highest BCUT2D eigenvalue weighted by molar-refractivity contribution is 7.90. The van der Waals surface area contributed by atoms with Crippen LogP contribution >= 0.6 is 23.2 Å². The van der Waals surface area contributed by atoms with Gasteiger partial charge < -0.3 is 5.32 Å². The van der Waals surface area contributed by atoms with Gasteiger partial charge in [-0.15, -0.1) is 0 Å². The number of nitrogens with one attached hydrogen (secondary N) is 1. The summed E-state index contributed by atoms with van der Waals surface area (Å²) in [5, 5.41) is 1.19. The van der Waals surface area contributed by atoms with Crippen molar-refractivity contribution in [2.24, 2.45) is 4.99 Å². The summed E-state index contributed by atoms with van der Waals surface area (Å²) >= 11 is 13.0. The minimum atomic E-state index is -5.29. The van der Waals surface area contributed by atoms with E-state index in [1.54, 1.807) is 0 Å². The van der Waals surface area contributed by atoms with Crippen LogP contribution in [0, 0.1) is 0 Å². The highest BCUT2D eigenvalue weighted by Crippen LogP contribution is 2.52. The van der Waals surface area contributed by atoms with Crippen molar-refractivity contribution < 1.29 is 45.1 Å². The lowest BCUT2D eigenvalue weighted by atomic mass is 9.76. The van der Waals surface area contributed by atoms with Crippen molar-refractivity contribution in [2.45, 2.75) is 10.9 Å². The number of allylic oxidation sites excluding steroid dienone is 1. The summed E-state index contributed by atoms with van der Waals surface area (Å²) in [5.41, 5.74) is -4.56. The molecule has 1 aliphatic heterocycles. The van der Waals surface area contributed by atoms with Crippen LogP contribution in [-0.4, -0.2) is 60.8 Å². The van der Waals surface area contributed by atoms with Crippen LogP contribution in [0.3, 0.4) is 0 Å². The van der Waals surface area contributed by atoms with Crippen LogP contribution in [0.25, 0.3) is 0 Å². The van der Waals surface area contributed by atoms with Crippen LogP contribution < -0.4 is 5.32 Å². The lowest BCUT2D eigenvalue weighted by molar-refractivity contribution is 0.0974. The van der Waals surface area contributed by atoms with E-state index in [4.69, 9.17) is 23.2 Å². The van der Waals surface area contributed by atoms with Crippen molar-refractivity contribution >= 4 is 83.7 Å². The minimum Gasteiger partial charge on any atom is -0.370 e. The maximum atomic E-state index is 13.8. The van der Waals surface area contributed by atoms with E-state index in [-0.39, 0.29) is 22.3 Å². The van der Waals surface area contributed by atoms with Crippen LogP contribution in [0.2, 0.25) is 5.02 Å². The van der Waals surface area contributed by atoms with Crippen LogP contribution in [0.5, 0.6) is 0 Å². The third-order valence-corrected chi connectivity index (χ3v) is 10.5. The normalized spacial score (nSPS) is 18.9. The molecule has 3 aromatic carbocycles. The molecule has 0 saturated carbocycles. The van der Waals surface area contributed by atoms with Gasteiger partial charge in [-0.05, 0) is 0 Å². The molecule has 16 heteroatoms. The summed E-state index contributed by atoms with van der Waals surface area (Å²) in [5.74, 6) is -3.67. The van der Waals surface area contributed by atoms with Gasteiger partial charge in [0.1, 0.15) is 21.5 Å². The number of Topliss-reactive ketones (excluding diaryl/α,β-unsaturated/α-hetero) is 2. The second-order valence-corrected chi connectivity index (χ2v) is 13.5. The number of anilines is 1. The van der Waals surface area contributed by atoms with Gasteiger partial charge in [-0.25, -0.2) is 4.99 Å². The zero-order valence-corrected chi connectivity index (χ0v) is 24.5. The number of benzene rings is 3. The molecule has 0 amide bonds. The van der Waals surface area contributed by atoms with Gasteiger partial charge in [0.2, 0.25) is 0 Å². The molecule has 3 N–H and O–H groups in total. The summed E-state index contributed by atoms with van der Waals surface area (Å²) in [6.45, 7) is 0. The molecule has 12 nitrogen and oxygen atoms in total. The first-order valence-electron chi connectivity index (χ1n) is 12.4. The van der Waals surface area contributed by atoms with Crippen molar-refractivity contribution in [1.29, 1.82) is 0 Å². The largest absolute Gasteiger partial charge is 0.370 e. The van der Waals surface area contributed by atoms with Gasteiger partial charge in [0.05, 0.1) is 38.2 Å². The molecule has 0 spiro atoms. The van der Waals surface area contributed by atoms with E-state index in [2.05, 4.69) is 10.3 Å². The molecule has 220 valence electrons. The minimum absolute atomic E-state index is 0.108. The predicted octanol–water partition coefficient (Wildman–Crippen LogP) is 3.96. The Hall–Kier alpha value is -4.31. The molecular formula is C28H12Cl2N2O10S2. The van der Waals surface area contributed by atoms with Crippen molar-refractivity contribution in [3.05, 3.63) is 108 Å². The maximum Gasteiger partial charge on any atom is 0.296 e. The fourth-order valence-electron chi connectivity index (χ4n) is 5.90. The molecule has 1 heterocycles. The Labute approximate surface area is 257 Å². The summed E-state index contributed by atoms with van der Waals surface area (Å²) < 4.78 is 70.9. The topological polar surface area (TPSA) is 201 Å².